The number of hydrogen-bond acceptors (Lipinski definition) is 6. The third-order valence-corrected chi connectivity index (χ3v) is 3.97. The highest BCUT2D eigenvalue weighted by atomic mass is 32.1. The molecule has 21 heavy (non-hydrogen) atoms. The van der Waals surface area contributed by atoms with Crippen molar-refractivity contribution < 1.29 is 4.74 Å². The first-order valence-electron chi connectivity index (χ1n) is 6.63. The average molecular weight is 302 g/mol. The SMILES string of the molecule is COCCNCc1csc(N(C)c2ccccc2C#N)n1. The second kappa shape index (κ2) is 7.74. The maximum absolute atomic E-state index is 9.17. The summed E-state index contributed by atoms with van der Waals surface area (Å²) in [4.78, 5) is 6.54. The van der Waals surface area contributed by atoms with Crippen LogP contribution in [0.5, 0.6) is 0 Å². The van der Waals surface area contributed by atoms with E-state index in [9.17, 15) is 5.26 Å². The smallest absolute Gasteiger partial charge is 0.189 e. The van der Waals surface area contributed by atoms with Crippen molar-refractivity contribution in [2.75, 3.05) is 32.2 Å². The summed E-state index contributed by atoms with van der Waals surface area (Å²) in [5, 5.41) is 15.3. The van der Waals surface area contributed by atoms with E-state index in [-0.39, 0.29) is 0 Å². The molecule has 0 aliphatic heterocycles. The Bertz CT molecular complexity index is 620. The first-order valence-corrected chi connectivity index (χ1v) is 7.51. The van der Waals surface area contributed by atoms with Gasteiger partial charge in [0.1, 0.15) is 6.07 Å². The number of anilines is 2. The van der Waals surface area contributed by atoms with Crippen molar-refractivity contribution in [3.05, 3.63) is 40.9 Å². The van der Waals surface area contributed by atoms with E-state index in [0.717, 1.165) is 23.1 Å². The molecule has 0 atom stereocenters. The van der Waals surface area contributed by atoms with Crippen LogP contribution in [0.3, 0.4) is 0 Å². The number of benzene rings is 1. The molecular weight excluding hydrogens is 284 g/mol. The zero-order valence-electron chi connectivity index (χ0n) is 12.2. The Labute approximate surface area is 128 Å². The minimum absolute atomic E-state index is 0.648. The van der Waals surface area contributed by atoms with Crippen molar-refractivity contribution in [1.82, 2.24) is 10.3 Å². The number of para-hydroxylation sites is 1. The summed E-state index contributed by atoms with van der Waals surface area (Å²) in [6.07, 6.45) is 0. The zero-order chi connectivity index (χ0) is 15.1. The molecule has 0 fully saturated rings. The first-order chi connectivity index (χ1) is 10.3. The summed E-state index contributed by atoms with van der Waals surface area (Å²) >= 11 is 1.57. The van der Waals surface area contributed by atoms with E-state index in [0.29, 0.717) is 18.7 Å². The molecule has 110 valence electrons. The molecule has 1 aromatic heterocycles. The molecule has 2 rings (SSSR count). The number of nitrogens with one attached hydrogen (secondary N) is 1. The van der Waals surface area contributed by atoms with Gasteiger partial charge in [0, 0.05) is 32.6 Å². The third-order valence-electron chi connectivity index (χ3n) is 3.00. The summed E-state index contributed by atoms with van der Waals surface area (Å²) < 4.78 is 4.99. The molecule has 0 aliphatic carbocycles. The van der Waals surface area contributed by atoms with Gasteiger partial charge < -0.3 is 15.0 Å². The number of nitriles is 1. The van der Waals surface area contributed by atoms with Gasteiger partial charge in [-0.05, 0) is 12.1 Å². The summed E-state index contributed by atoms with van der Waals surface area (Å²) in [7, 11) is 3.61. The molecule has 6 heteroatoms. The van der Waals surface area contributed by atoms with Crippen LogP contribution in [0, 0.1) is 11.3 Å². The van der Waals surface area contributed by atoms with Gasteiger partial charge in [0.25, 0.3) is 0 Å². The summed E-state index contributed by atoms with van der Waals surface area (Å²) in [5.41, 5.74) is 2.51. The molecule has 0 aliphatic rings. The molecule has 0 radical (unpaired) electrons. The van der Waals surface area contributed by atoms with E-state index < -0.39 is 0 Å². The minimum Gasteiger partial charge on any atom is -0.383 e. The Morgan fingerprint density at radius 1 is 1.43 bits per heavy atom. The minimum atomic E-state index is 0.648. The standard InChI is InChI=1S/C15H18N4OS/c1-19(14-6-4-3-5-12(14)9-16)15-18-13(11-21-15)10-17-7-8-20-2/h3-6,11,17H,7-8,10H2,1-2H3. The zero-order valence-corrected chi connectivity index (χ0v) is 13.0. The topological polar surface area (TPSA) is 61.2 Å². The molecule has 1 heterocycles. The van der Waals surface area contributed by atoms with Crippen LogP contribution >= 0.6 is 11.3 Å². The van der Waals surface area contributed by atoms with Crippen LogP contribution < -0.4 is 10.2 Å². The first kappa shape index (κ1) is 15.4. The second-order valence-corrected chi connectivity index (χ2v) is 5.32. The van der Waals surface area contributed by atoms with Crippen LogP contribution in [0.15, 0.2) is 29.6 Å². The number of hydrogen-bond donors (Lipinski definition) is 1. The fraction of sp³-hybridized carbons (Fsp3) is 0.333. The van der Waals surface area contributed by atoms with Crippen LogP contribution in [0.4, 0.5) is 10.8 Å². The molecular formula is C15H18N4OS. The van der Waals surface area contributed by atoms with Crippen molar-refractivity contribution >= 4 is 22.2 Å². The van der Waals surface area contributed by atoms with Crippen molar-refractivity contribution in [3.63, 3.8) is 0 Å². The lowest BCUT2D eigenvalue weighted by Gasteiger charge is -2.16. The normalized spacial score (nSPS) is 10.3. The second-order valence-electron chi connectivity index (χ2n) is 4.48. The predicted molar refractivity (Wildman–Crippen MR) is 84.9 cm³/mol. The maximum Gasteiger partial charge on any atom is 0.189 e. The van der Waals surface area contributed by atoms with Crippen LogP contribution in [0.25, 0.3) is 0 Å². The number of aromatic nitrogens is 1. The van der Waals surface area contributed by atoms with Gasteiger partial charge >= 0.3 is 0 Å². The Morgan fingerprint density at radius 2 is 2.24 bits per heavy atom. The van der Waals surface area contributed by atoms with E-state index >= 15 is 0 Å². The number of rotatable bonds is 7. The van der Waals surface area contributed by atoms with Gasteiger partial charge in [-0.2, -0.15) is 5.26 Å². The van der Waals surface area contributed by atoms with Gasteiger partial charge in [-0.25, -0.2) is 4.98 Å². The largest absolute Gasteiger partial charge is 0.383 e. The van der Waals surface area contributed by atoms with Gasteiger partial charge in [-0.1, -0.05) is 12.1 Å². The van der Waals surface area contributed by atoms with Crippen LogP contribution in [-0.4, -0.2) is 32.3 Å². The van der Waals surface area contributed by atoms with E-state index in [1.807, 2.05) is 41.6 Å². The Kier molecular flexibility index (Phi) is 5.69. The Balaban J connectivity index is 2.05. The molecule has 0 spiro atoms. The summed E-state index contributed by atoms with van der Waals surface area (Å²) in [5.74, 6) is 0. The molecule has 5 nitrogen and oxygen atoms in total. The lowest BCUT2D eigenvalue weighted by molar-refractivity contribution is 0.199. The number of nitrogens with zero attached hydrogens (tertiary/aromatic N) is 3. The molecule has 1 aromatic carbocycles. The van der Waals surface area contributed by atoms with Crippen LogP contribution in [0.1, 0.15) is 11.3 Å². The highest BCUT2D eigenvalue weighted by molar-refractivity contribution is 7.13. The monoisotopic (exact) mass is 302 g/mol. The highest BCUT2D eigenvalue weighted by Gasteiger charge is 2.12. The molecule has 1 N–H and O–H groups in total. The van der Waals surface area contributed by atoms with E-state index in [1.165, 1.54) is 0 Å². The van der Waals surface area contributed by atoms with E-state index in [2.05, 4.69) is 16.4 Å². The number of methoxy groups -OCH3 is 1. The van der Waals surface area contributed by atoms with Crippen molar-refractivity contribution in [1.29, 1.82) is 5.26 Å². The van der Waals surface area contributed by atoms with Crippen molar-refractivity contribution in [2.24, 2.45) is 0 Å². The summed E-state index contributed by atoms with van der Waals surface area (Å²) in [6, 6.07) is 9.74. The van der Waals surface area contributed by atoms with E-state index in [1.54, 1.807) is 18.4 Å². The maximum atomic E-state index is 9.17. The van der Waals surface area contributed by atoms with Crippen LogP contribution in [-0.2, 0) is 11.3 Å². The van der Waals surface area contributed by atoms with Gasteiger partial charge in [0.05, 0.1) is 23.6 Å². The number of thiazole rings is 1. The fourth-order valence-electron chi connectivity index (χ4n) is 1.89. The lowest BCUT2D eigenvalue weighted by atomic mass is 10.2. The number of ether oxygens (including phenoxy) is 1. The van der Waals surface area contributed by atoms with Crippen molar-refractivity contribution in [2.45, 2.75) is 6.54 Å². The Morgan fingerprint density at radius 3 is 3.00 bits per heavy atom. The molecule has 2 aromatic rings. The van der Waals surface area contributed by atoms with Gasteiger partial charge in [-0.3, -0.25) is 0 Å². The van der Waals surface area contributed by atoms with Gasteiger partial charge in [0.15, 0.2) is 5.13 Å². The third kappa shape index (κ3) is 4.02. The molecule has 0 bridgehead atoms. The predicted octanol–water partition coefficient (Wildman–Crippen LogP) is 2.52. The van der Waals surface area contributed by atoms with Gasteiger partial charge in [-0.15, -0.1) is 11.3 Å². The summed E-state index contributed by atoms with van der Waals surface area (Å²) in [6.45, 7) is 2.20. The van der Waals surface area contributed by atoms with Gasteiger partial charge in [0.2, 0.25) is 0 Å². The molecule has 0 amide bonds. The van der Waals surface area contributed by atoms with Crippen molar-refractivity contribution in [3.8, 4) is 6.07 Å². The highest BCUT2D eigenvalue weighted by Crippen LogP contribution is 2.29. The average Bonchev–Trinajstić information content (AvgIpc) is 2.99. The molecule has 0 unspecified atom stereocenters. The lowest BCUT2D eigenvalue weighted by Crippen LogP contribution is -2.19. The molecule has 0 saturated carbocycles. The van der Waals surface area contributed by atoms with Crippen LogP contribution in [0.2, 0.25) is 0 Å². The van der Waals surface area contributed by atoms with E-state index in [4.69, 9.17) is 4.74 Å². The molecule has 0 saturated heterocycles. The fourth-order valence-corrected chi connectivity index (χ4v) is 2.69. The quantitative estimate of drug-likeness (QED) is 0.796. The Hall–Kier alpha value is -1.94.